The lowest BCUT2D eigenvalue weighted by molar-refractivity contribution is -0.140. The van der Waals surface area contributed by atoms with Gasteiger partial charge in [0, 0.05) is 0 Å². The summed E-state index contributed by atoms with van der Waals surface area (Å²) in [6, 6.07) is 0. The third-order valence-corrected chi connectivity index (χ3v) is 3.93. The first-order valence-corrected chi connectivity index (χ1v) is 7.84. The van der Waals surface area contributed by atoms with Crippen molar-refractivity contribution < 1.29 is 23.1 Å². The van der Waals surface area contributed by atoms with Gasteiger partial charge in [0.15, 0.2) is 0 Å². The van der Waals surface area contributed by atoms with E-state index in [1.165, 1.54) is 0 Å². The van der Waals surface area contributed by atoms with E-state index in [1.807, 2.05) is 0 Å². The number of ether oxygens (including phenoxy) is 1. The van der Waals surface area contributed by atoms with E-state index >= 15 is 0 Å². The quantitative estimate of drug-likeness (QED) is 0.345. The van der Waals surface area contributed by atoms with Crippen LogP contribution in [0.3, 0.4) is 0 Å². The van der Waals surface area contributed by atoms with Gasteiger partial charge >= 0.3 is 13.6 Å². The van der Waals surface area contributed by atoms with Gasteiger partial charge < -0.3 is 13.8 Å². The van der Waals surface area contributed by atoms with Crippen LogP contribution in [0.1, 0.15) is 40.0 Å². The van der Waals surface area contributed by atoms with Gasteiger partial charge in [0.25, 0.3) is 0 Å². The monoisotopic (exact) mass is 266 g/mol. The molecule has 0 heterocycles. The maximum atomic E-state index is 12.0. The summed E-state index contributed by atoms with van der Waals surface area (Å²) >= 11 is 0. The zero-order valence-corrected chi connectivity index (χ0v) is 11.8. The van der Waals surface area contributed by atoms with Gasteiger partial charge in [-0.25, -0.2) is 0 Å². The van der Waals surface area contributed by atoms with Gasteiger partial charge in [0.2, 0.25) is 0 Å². The maximum Gasteiger partial charge on any atom is 0.341 e. The number of carbonyl (C=O) groups excluding carboxylic acids is 1. The second-order valence-corrected chi connectivity index (χ2v) is 5.59. The molecule has 0 aliphatic carbocycles. The lowest BCUT2D eigenvalue weighted by atomic mass is 10.3. The van der Waals surface area contributed by atoms with Gasteiger partial charge in [0.05, 0.1) is 19.8 Å². The van der Waals surface area contributed by atoms with Crippen molar-refractivity contribution in [2.24, 2.45) is 0 Å². The Morgan fingerprint density at radius 3 is 2.12 bits per heavy atom. The molecular weight excluding hydrogens is 243 g/mol. The normalized spacial score (nSPS) is 11.5. The summed E-state index contributed by atoms with van der Waals surface area (Å²) < 4.78 is 26.9. The molecule has 0 rings (SSSR count). The largest absolute Gasteiger partial charge is 0.465 e. The highest BCUT2D eigenvalue weighted by atomic mass is 31.2. The Kier molecular flexibility index (Phi) is 9.41. The maximum absolute atomic E-state index is 12.0. The van der Waals surface area contributed by atoms with E-state index in [4.69, 9.17) is 13.8 Å². The molecule has 17 heavy (non-hydrogen) atoms. The SMILES string of the molecule is CCCCCOC(=O)CP(=O)(OCC)OCC. The minimum atomic E-state index is -3.31. The van der Waals surface area contributed by atoms with E-state index < -0.39 is 13.6 Å². The highest BCUT2D eigenvalue weighted by Gasteiger charge is 2.28. The Labute approximate surface area is 103 Å². The van der Waals surface area contributed by atoms with Crippen LogP contribution >= 0.6 is 7.60 Å². The van der Waals surface area contributed by atoms with E-state index in [0.717, 1.165) is 19.3 Å². The van der Waals surface area contributed by atoms with Crippen molar-refractivity contribution in [1.29, 1.82) is 0 Å². The summed E-state index contributed by atoms with van der Waals surface area (Å²) in [4.78, 5) is 11.4. The van der Waals surface area contributed by atoms with E-state index in [9.17, 15) is 9.36 Å². The van der Waals surface area contributed by atoms with Gasteiger partial charge in [-0.2, -0.15) is 0 Å². The molecule has 5 nitrogen and oxygen atoms in total. The van der Waals surface area contributed by atoms with E-state index in [1.54, 1.807) is 13.8 Å². The molecule has 102 valence electrons. The van der Waals surface area contributed by atoms with Crippen LogP contribution in [0.5, 0.6) is 0 Å². The molecule has 0 aliphatic rings. The topological polar surface area (TPSA) is 61.8 Å². The summed E-state index contributed by atoms with van der Waals surface area (Å²) in [6.45, 7) is 6.35. The van der Waals surface area contributed by atoms with Crippen LogP contribution in [0, 0.1) is 0 Å². The van der Waals surface area contributed by atoms with E-state index in [2.05, 4.69) is 6.92 Å². The Bertz CT molecular complexity index is 244. The molecule has 0 fully saturated rings. The number of carbonyl (C=O) groups is 1. The zero-order chi connectivity index (χ0) is 13.1. The molecule has 0 spiro atoms. The smallest absolute Gasteiger partial charge is 0.341 e. The minimum absolute atomic E-state index is 0.250. The average Bonchev–Trinajstić information content (AvgIpc) is 2.24. The van der Waals surface area contributed by atoms with Crippen molar-refractivity contribution in [3.8, 4) is 0 Å². The highest BCUT2D eigenvalue weighted by molar-refractivity contribution is 7.54. The third kappa shape index (κ3) is 8.36. The van der Waals surface area contributed by atoms with Crippen LogP contribution in [-0.4, -0.2) is 32.0 Å². The summed E-state index contributed by atoms with van der Waals surface area (Å²) in [6.07, 6.45) is 2.60. The molecule has 0 aliphatic heterocycles. The number of esters is 1. The van der Waals surface area contributed by atoms with Gasteiger partial charge in [-0.05, 0) is 20.3 Å². The van der Waals surface area contributed by atoms with Crippen molar-refractivity contribution in [2.75, 3.05) is 26.0 Å². The van der Waals surface area contributed by atoms with Crippen LogP contribution < -0.4 is 0 Å². The van der Waals surface area contributed by atoms with Gasteiger partial charge in [-0.1, -0.05) is 19.8 Å². The molecule has 0 aromatic heterocycles. The molecule has 0 unspecified atom stereocenters. The van der Waals surface area contributed by atoms with Crippen molar-refractivity contribution in [3.63, 3.8) is 0 Å². The Balaban J connectivity index is 3.99. The molecule has 0 aromatic carbocycles. The standard InChI is InChI=1S/C11H23O5P/c1-4-7-8-9-14-11(12)10-17(13,15-5-2)16-6-3/h4-10H2,1-3H3. The molecule has 0 N–H and O–H groups in total. The third-order valence-electron chi connectivity index (χ3n) is 1.99. The second-order valence-electron chi connectivity index (χ2n) is 3.53. The second kappa shape index (κ2) is 9.63. The lowest BCUT2D eigenvalue weighted by Crippen LogP contribution is -2.13. The van der Waals surface area contributed by atoms with Gasteiger partial charge in [-0.15, -0.1) is 0 Å². The minimum Gasteiger partial charge on any atom is -0.465 e. The lowest BCUT2D eigenvalue weighted by Gasteiger charge is -2.15. The number of hydrogen-bond acceptors (Lipinski definition) is 5. The highest BCUT2D eigenvalue weighted by Crippen LogP contribution is 2.47. The fourth-order valence-electron chi connectivity index (χ4n) is 1.26. The summed E-state index contributed by atoms with van der Waals surface area (Å²) in [5.74, 6) is -0.522. The summed E-state index contributed by atoms with van der Waals surface area (Å²) in [5, 5.41) is 0. The molecule has 6 heteroatoms. The van der Waals surface area contributed by atoms with Gasteiger partial charge in [-0.3, -0.25) is 9.36 Å². The van der Waals surface area contributed by atoms with E-state index in [0.29, 0.717) is 6.61 Å². The first-order chi connectivity index (χ1) is 8.08. The first kappa shape index (κ1) is 16.6. The molecule has 0 aromatic rings. The number of unbranched alkanes of at least 4 members (excludes halogenated alkanes) is 2. The van der Waals surface area contributed by atoms with Crippen LogP contribution in [0.15, 0.2) is 0 Å². The van der Waals surface area contributed by atoms with Crippen molar-refractivity contribution in [2.45, 2.75) is 40.0 Å². The van der Waals surface area contributed by atoms with Gasteiger partial charge in [0.1, 0.15) is 6.16 Å². The van der Waals surface area contributed by atoms with Crippen LogP contribution in [0.2, 0.25) is 0 Å². The number of hydrogen-bond donors (Lipinski definition) is 0. The average molecular weight is 266 g/mol. The van der Waals surface area contributed by atoms with Crippen LogP contribution in [0.25, 0.3) is 0 Å². The van der Waals surface area contributed by atoms with Crippen molar-refractivity contribution in [3.05, 3.63) is 0 Å². The predicted octanol–water partition coefficient (Wildman–Crippen LogP) is 2.99. The molecule has 0 bridgehead atoms. The van der Waals surface area contributed by atoms with E-state index in [-0.39, 0.29) is 19.4 Å². The Hall–Kier alpha value is -0.380. The van der Waals surface area contributed by atoms with Crippen molar-refractivity contribution in [1.82, 2.24) is 0 Å². The molecule has 0 radical (unpaired) electrons. The molecule has 0 saturated heterocycles. The predicted molar refractivity (Wildman–Crippen MR) is 66.2 cm³/mol. The summed E-state index contributed by atoms with van der Waals surface area (Å²) in [7, 11) is -3.31. The summed E-state index contributed by atoms with van der Waals surface area (Å²) in [5.41, 5.74) is 0. The first-order valence-electron chi connectivity index (χ1n) is 6.11. The van der Waals surface area contributed by atoms with Crippen LogP contribution in [0.4, 0.5) is 0 Å². The zero-order valence-electron chi connectivity index (χ0n) is 10.9. The molecule has 0 amide bonds. The Morgan fingerprint density at radius 1 is 1.06 bits per heavy atom. The van der Waals surface area contributed by atoms with Crippen LogP contribution in [-0.2, 0) is 23.1 Å². The fraction of sp³-hybridized carbons (Fsp3) is 0.909. The molecular formula is C11H23O5P. The number of rotatable bonds is 10. The fourth-order valence-corrected chi connectivity index (χ4v) is 2.72. The molecule has 0 atom stereocenters. The molecule has 0 saturated carbocycles. The van der Waals surface area contributed by atoms with Crippen molar-refractivity contribution >= 4 is 13.6 Å². The Morgan fingerprint density at radius 2 is 1.65 bits per heavy atom.